The Morgan fingerprint density at radius 1 is 0.276 bits per heavy atom. The number of carbonyl (C=O) groups is 4. The van der Waals surface area contributed by atoms with E-state index in [9.17, 15) is 132 Å². The third-order valence-corrected chi connectivity index (χ3v) is 21.4. The Labute approximate surface area is 661 Å². The van der Waals surface area contributed by atoms with Crippen molar-refractivity contribution in [3.05, 3.63) is 0 Å². The van der Waals surface area contributed by atoms with Crippen LogP contribution in [0.3, 0.4) is 0 Å². The van der Waals surface area contributed by atoms with Gasteiger partial charge in [-0.05, 0) is 39.7 Å². The summed E-state index contributed by atoms with van der Waals surface area (Å²) in [5.41, 5.74) is 5.75. The summed E-state index contributed by atoms with van der Waals surface area (Å²) >= 11 is 0. The van der Waals surface area contributed by atoms with E-state index in [-0.39, 0.29) is 6.61 Å². The molecule has 4 amide bonds. The second kappa shape index (κ2) is 43.0. The van der Waals surface area contributed by atoms with E-state index in [1.54, 1.807) is 0 Å². The molecular formula is C67H115N5O44. The summed E-state index contributed by atoms with van der Waals surface area (Å²) in [5.74, 6) is -3.46. The van der Waals surface area contributed by atoms with Crippen LogP contribution in [0.15, 0.2) is 0 Å². The fourth-order valence-corrected chi connectivity index (χ4v) is 15.0. The first-order chi connectivity index (χ1) is 54.9. The molecule has 49 heteroatoms. The zero-order valence-electron chi connectivity index (χ0n) is 63.9. The van der Waals surface area contributed by atoms with Crippen molar-refractivity contribution in [3.63, 3.8) is 0 Å². The van der Waals surface area contributed by atoms with Gasteiger partial charge in [0.2, 0.25) is 23.6 Å². The normalized spacial score (nSPS) is 47.6. The largest absolute Gasteiger partial charge is 0.394 e. The van der Waals surface area contributed by atoms with Crippen molar-refractivity contribution >= 4 is 23.6 Å². The van der Waals surface area contributed by atoms with Crippen LogP contribution in [-0.2, 0) is 104 Å². The minimum absolute atomic E-state index is 0.108. The third-order valence-electron chi connectivity index (χ3n) is 21.4. The van der Waals surface area contributed by atoms with Crippen molar-refractivity contribution < 1.29 is 217 Å². The maximum atomic E-state index is 13.6. The highest BCUT2D eigenvalue weighted by molar-refractivity contribution is 5.74. The van der Waals surface area contributed by atoms with Crippen LogP contribution in [-0.4, -0.2) is 471 Å². The maximum absolute atomic E-state index is 13.6. The van der Waals surface area contributed by atoms with Crippen LogP contribution in [0.25, 0.3) is 0 Å². The van der Waals surface area contributed by atoms with Crippen LogP contribution < -0.4 is 27.0 Å². The first kappa shape index (κ1) is 96.1. The number of amides is 4. The molecule has 9 rings (SSSR count). The van der Waals surface area contributed by atoms with Gasteiger partial charge in [-0.3, -0.25) is 19.2 Å². The van der Waals surface area contributed by atoms with Crippen LogP contribution >= 0.6 is 0 Å². The topological polar surface area (TPSA) is 754 Å². The zero-order chi connectivity index (χ0) is 85.3. The molecule has 0 spiro atoms. The highest BCUT2D eigenvalue weighted by Gasteiger charge is 2.61. The molecule has 0 aromatic carbocycles. The number of carbonyl (C=O) groups excluding carboxylic acids is 4. The maximum Gasteiger partial charge on any atom is 0.217 e. The number of rotatable bonds is 33. The second-order valence-electron chi connectivity index (χ2n) is 29.9. The number of hydrogen-bond acceptors (Lipinski definition) is 45. The Morgan fingerprint density at radius 3 is 1.11 bits per heavy atom. The quantitative estimate of drug-likeness (QED) is 0.0271. The highest BCUT2D eigenvalue weighted by Crippen LogP contribution is 2.40. The van der Waals surface area contributed by atoms with Gasteiger partial charge < -0.3 is 225 Å². The first-order valence-electron chi connectivity index (χ1n) is 38.0. The molecule has 0 aromatic heterocycles. The van der Waals surface area contributed by atoms with Crippen LogP contribution in [0.5, 0.6) is 0 Å². The lowest BCUT2D eigenvalue weighted by molar-refractivity contribution is -0.397. The predicted molar refractivity (Wildman–Crippen MR) is 367 cm³/mol. The highest BCUT2D eigenvalue weighted by atomic mass is 16.8. The smallest absolute Gasteiger partial charge is 0.217 e. The molecule has 28 N–H and O–H groups in total. The SMILES string of the molecule is CC(=O)N[C@H]1[C@H](O[C@H]2[C@H](O[C@@H]3O[C@@H](C)[C@@H](O)[C@@H](O)[C@@H]3O)[C@@H](NC(C)=O)[C@H](OCCCCCN)O[C@@H]2CO[C@@H]2O[C@@H](C)[C@@H](O)[C@@H](O)[C@@H]2O)O[C@H](CO)[C@@H](O[C@@H]2O[C@H](CO[C@H]3O[C@H](CO)[C@@H](O)[C@H](O)[C@@H]3O[C@@H]3O[C@H](CO)[C@@H](O)[C@H](O)[C@H]3NC(C)=O)[C@@H](O)[C@H](O[C@H]3O[C@H](CO)[C@@H](O)[C@H](O)[C@@H]3O[C@@H]3O[C@H](CO)[C@@H](O)[C@H](O)[C@H]3NC(C)=O)[C@@H]2O)[C@@H]1O. The standard InChI is InChI=1S/C67H115N5O44/c1-19-36(82)46(92)50(96)63(102-19)100-18-31-54(55(113-64-51(97)47(93)37(83)20(2)103-64)35(72-24(6)81)59(110-31)99-11-9-7-8-10-68)112-62-34(71-23(5)80)45(91)53(29(16-77)108-62)111-65-52(98)56(114-67-58(49(95)41(87)28(15-76)107-67)116-61-33(70-22(4)79)44(90)39(85)26(13-74)105-61)42(88)30(109-65)17-101-66-57(48(94)40(86)27(14-75)106-66)115-60-32(69-21(3)78)43(89)38(84)25(12-73)104-60/h19-20,25-67,73-77,82-98H,7-18,68H2,1-6H3,(H,69,78)(H,70,79)(H,71,80)(H,72,81)/t19-,20-,25+,26+,27+,28+,29+,30+,31+,32+,33+,34+,35+,36+,37+,38+,39+,40+,41+,42+,43+,44+,45+,46+,47+,48-,49-,50-,51-,52-,53+,54+,55+,56-,57-,58-,59+,60-,61-,62-,63+,64-,65-,66-,67+/m0/s1. The van der Waals surface area contributed by atoms with Crippen LogP contribution in [0, 0.1) is 0 Å². The van der Waals surface area contributed by atoms with Crippen molar-refractivity contribution in [1.82, 2.24) is 21.3 Å². The fraction of sp³-hybridized carbons (Fsp3) is 0.940. The molecule has 116 heavy (non-hydrogen) atoms. The lowest BCUT2D eigenvalue weighted by atomic mass is 9.93. The third kappa shape index (κ3) is 22.2. The van der Waals surface area contributed by atoms with Gasteiger partial charge in [0.05, 0.1) is 58.5 Å². The van der Waals surface area contributed by atoms with Crippen LogP contribution in [0.4, 0.5) is 0 Å². The number of unbranched alkanes of at least 4 members (excludes halogenated alkanes) is 2. The van der Waals surface area contributed by atoms with Gasteiger partial charge in [-0.25, -0.2) is 0 Å². The second-order valence-corrected chi connectivity index (χ2v) is 29.9. The molecule has 0 bridgehead atoms. The summed E-state index contributed by atoms with van der Waals surface area (Å²) in [5, 5.41) is 257. The molecule has 9 aliphatic rings. The van der Waals surface area contributed by atoms with Crippen molar-refractivity contribution in [2.24, 2.45) is 5.73 Å². The van der Waals surface area contributed by atoms with E-state index in [2.05, 4.69) is 21.3 Å². The van der Waals surface area contributed by atoms with E-state index in [1.165, 1.54) is 13.8 Å². The van der Waals surface area contributed by atoms with Crippen molar-refractivity contribution in [2.75, 3.05) is 59.4 Å². The van der Waals surface area contributed by atoms with Gasteiger partial charge in [0, 0.05) is 34.3 Å². The molecule has 0 unspecified atom stereocenters. The van der Waals surface area contributed by atoms with Gasteiger partial charge in [0.25, 0.3) is 0 Å². The summed E-state index contributed by atoms with van der Waals surface area (Å²) in [6.45, 7) is -0.548. The molecule has 9 fully saturated rings. The molecule has 0 radical (unpaired) electrons. The van der Waals surface area contributed by atoms with Crippen LogP contribution in [0.2, 0.25) is 0 Å². The summed E-state index contributed by atoms with van der Waals surface area (Å²) in [6, 6.07) is -7.16. The zero-order valence-corrected chi connectivity index (χ0v) is 63.9. The van der Waals surface area contributed by atoms with E-state index >= 15 is 0 Å². The van der Waals surface area contributed by atoms with E-state index < -0.39 is 346 Å². The predicted octanol–water partition coefficient (Wildman–Crippen LogP) is -16.8. The van der Waals surface area contributed by atoms with Crippen molar-refractivity contribution in [3.8, 4) is 0 Å². The summed E-state index contributed by atoms with van der Waals surface area (Å²) < 4.78 is 110. The van der Waals surface area contributed by atoms with Gasteiger partial charge in [-0.1, -0.05) is 0 Å². The van der Waals surface area contributed by atoms with Gasteiger partial charge in [-0.15, -0.1) is 0 Å². The number of ether oxygens (including phenoxy) is 18. The van der Waals surface area contributed by atoms with Gasteiger partial charge in [0.15, 0.2) is 56.6 Å². The number of aliphatic hydroxyl groups is 22. The Kier molecular flexibility index (Phi) is 35.6. The van der Waals surface area contributed by atoms with Crippen LogP contribution in [0.1, 0.15) is 60.8 Å². The van der Waals surface area contributed by atoms with E-state index in [4.69, 9.17) is 91.0 Å². The number of nitrogens with one attached hydrogen (secondary N) is 4. The van der Waals surface area contributed by atoms with E-state index in [0.29, 0.717) is 25.8 Å². The molecule has 49 nitrogen and oxygen atoms in total. The Bertz CT molecular complexity index is 3050. The molecular weight excluding hydrogens is 1580 g/mol. The first-order valence-corrected chi connectivity index (χ1v) is 38.0. The summed E-state index contributed by atoms with van der Waals surface area (Å²) in [7, 11) is 0. The lowest BCUT2D eigenvalue weighted by Crippen LogP contribution is -2.71. The average Bonchev–Trinajstić information content (AvgIpc) is 0.764. The molecule has 45 atom stereocenters. The minimum atomic E-state index is -2.55. The Hall–Kier alpha value is -3.76. The minimum Gasteiger partial charge on any atom is -0.394 e. The number of nitrogens with two attached hydrogens (primary N) is 1. The number of hydrogen-bond donors (Lipinski definition) is 27. The van der Waals surface area contributed by atoms with Crippen molar-refractivity contribution in [1.29, 1.82) is 0 Å². The fourth-order valence-electron chi connectivity index (χ4n) is 15.0. The molecule has 9 heterocycles. The van der Waals surface area contributed by atoms with E-state index in [0.717, 1.165) is 27.7 Å². The summed E-state index contributed by atoms with van der Waals surface area (Å²) in [6.07, 6.45) is -80.2. The molecule has 0 aliphatic carbocycles. The molecule has 9 aliphatic heterocycles. The number of aliphatic hydroxyl groups excluding tert-OH is 22. The molecule has 672 valence electrons. The monoisotopic (exact) mass is 1690 g/mol. The van der Waals surface area contributed by atoms with Gasteiger partial charge >= 0.3 is 0 Å². The molecule has 0 aromatic rings. The van der Waals surface area contributed by atoms with Crippen molar-refractivity contribution in [2.45, 2.75) is 337 Å². The average molecular weight is 1690 g/mol. The van der Waals surface area contributed by atoms with Gasteiger partial charge in [-0.2, -0.15) is 0 Å². The van der Waals surface area contributed by atoms with Gasteiger partial charge in [0.1, 0.15) is 207 Å². The van der Waals surface area contributed by atoms with E-state index in [1.807, 2.05) is 0 Å². The lowest BCUT2D eigenvalue weighted by Gasteiger charge is -2.52. The molecule has 0 saturated carbocycles. The molecule has 9 saturated heterocycles. The Balaban J connectivity index is 1.10. The summed E-state index contributed by atoms with van der Waals surface area (Å²) in [4.78, 5) is 52.0. The Morgan fingerprint density at radius 2 is 0.629 bits per heavy atom.